The smallest absolute Gasteiger partial charge is 0.105 e. The van der Waals surface area contributed by atoms with Crippen LogP contribution >= 0.6 is 0 Å². The number of nitrogens with one attached hydrogen (secondary N) is 1. The molecule has 0 radical (unpaired) electrons. The summed E-state index contributed by atoms with van der Waals surface area (Å²) in [6.45, 7) is 0. The number of hydrazine groups is 1. The maximum Gasteiger partial charge on any atom is 0.105 e. The van der Waals surface area contributed by atoms with Crippen molar-refractivity contribution in [2.45, 2.75) is 31.7 Å². The van der Waals surface area contributed by atoms with Gasteiger partial charge in [-0.1, -0.05) is 6.42 Å². The quantitative estimate of drug-likeness (QED) is 0.582. The van der Waals surface area contributed by atoms with Gasteiger partial charge in [-0.15, -0.1) is 0 Å². The highest BCUT2D eigenvalue weighted by molar-refractivity contribution is 5.10. The summed E-state index contributed by atoms with van der Waals surface area (Å²) < 4.78 is 5.37. The van der Waals surface area contributed by atoms with Crippen molar-refractivity contribution in [2.24, 2.45) is 23.6 Å². The lowest BCUT2D eigenvalue weighted by molar-refractivity contribution is 0.379. The Morgan fingerprint density at radius 1 is 1.47 bits per heavy atom. The summed E-state index contributed by atoms with van der Waals surface area (Å²) in [6, 6.07) is 4.38. The Bertz CT molecular complexity index is 312. The highest BCUT2D eigenvalue weighted by Crippen LogP contribution is 2.59. The predicted molar refractivity (Wildman–Crippen MR) is 57.8 cm³/mol. The van der Waals surface area contributed by atoms with Gasteiger partial charge < -0.3 is 4.42 Å². The van der Waals surface area contributed by atoms with Crippen LogP contribution < -0.4 is 11.3 Å². The first kappa shape index (κ1) is 9.43. The standard InChI is InChI=1S/C12H18N2O/c13-14-11(7-8-3-2-6-15-8)12-9-4-1-5-10(9)12/h2-3,6,9-12,14H,1,4-5,7,13H2. The lowest BCUT2D eigenvalue weighted by atomic mass is 10.0. The fraction of sp³-hybridized carbons (Fsp3) is 0.667. The Kier molecular flexibility index (Phi) is 2.29. The third-order valence-electron chi connectivity index (χ3n) is 4.15. The van der Waals surface area contributed by atoms with Gasteiger partial charge in [-0.05, 0) is 42.7 Å². The van der Waals surface area contributed by atoms with Crippen LogP contribution in [0.1, 0.15) is 25.0 Å². The van der Waals surface area contributed by atoms with E-state index in [4.69, 9.17) is 10.3 Å². The van der Waals surface area contributed by atoms with Crippen LogP contribution in [0.25, 0.3) is 0 Å². The Hall–Kier alpha value is -0.800. The second kappa shape index (κ2) is 3.65. The van der Waals surface area contributed by atoms with Crippen molar-refractivity contribution < 1.29 is 4.42 Å². The van der Waals surface area contributed by atoms with E-state index in [9.17, 15) is 0 Å². The van der Waals surface area contributed by atoms with E-state index in [1.807, 2.05) is 12.1 Å². The summed E-state index contributed by atoms with van der Waals surface area (Å²) in [4.78, 5) is 0. The first-order valence-corrected chi connectivity index (χ1v) is 5.88. The second-order valence-electron chi connectivity index (χ2n) is 4.89. The van der Waals surface area contributed by atoms with Crippen molar-refractivity contribution in [3.05, 3.63) is 24.2 Å². The van der Waals surface area contributed by atoms with Crippen molar-refractivity contribution in [1.82, 2.24) is 5.43 Å². The van der Waals surface area contributed by atoms with E-state index in [2.05, 4.69) is 5.43 Å². The van der Waals surface area contributed by atoms with E-state index in [0.29, 0.717) is 6.04 Å². The van der Waals surface area contributed by atoms with Gasteiger partial charge in [0.05, 0.1) is 6.26 Å². The number of nitrogens with two attached hydrogens (primary N) is 1. The molecule has 3 heteroatoms. The maximum atomic E-state index is 5.64. The van der Waals surface area contributed by atoms with Crippen LogP contribution in [0.3, 0.4) is 0 Å². The highest BCUT2D eigenvalue weighted by Gasteiger charge is 2.55. The first-order valence-electron chi connectivity index (χ1n) is 5.88. The zero-order chi connectivity index (χ0) is 10.3. The molecule has 1 aromatic heterocycles. The lowest BCUT2D eigenvalue weighted by Gasteiger charge is -2.16. The molecule has 1 heterocycles. The summed E-state index contributed by atoms with van der Waals surface area (Å²) in [6.07, 6.45) is 6.90. The molecule has 82 valence electrons. The zero-order valence-corrected chi connectivity index (χ0v) is 8.86. The van der Waals surface area contributed by atoms with Gasteiger partial charge in [0.15, 0.2) is 0 Å². The fourth-order valence-corrected chi connectivity index (χ4v) is 3.43. The molecule has 0 amide bonds. The summed E-state index contributed by atoms with van der Waals surface area (Å²) in [7, 11) is 0. The van der Waals surface area contributed by atoms with Crippen molar-refractivity contribution in [3.63, 3.8) is 0 Å². The van der Waals surface area contributed by atoms with Crippen LogP contribution in [-0.4, -0.2) is 6.04 Å². The minimum atomic E-state index is 0.409. The van der Waals surface area contributed by atoms with Gasteiger partial charge in [0, 0.05) is 12.5 Å². The van der Waals surface area contributed by atoms with Gasteiger partial charge in [-0.2, -0.15) is 0 Å². The van der Waals surface area contributed by atoms with Gasteiger partial charge in [0.1, 0.15) is 5.76 Å². The van der Waals surface area contributed by atoms with Gasteiger partial charge in [0.2, 0.25) is 0 Å². The van der Waals surface area contributed by atoms with Crippen LogP contribution in [0.5, 0.6) is 0 Å². The molecular weight excluding hydrogens is 188 g/mol. The largest absolute Gasteiger partial charge is 0.469 e. The molecule has 2 fully saturated rings. The zero-order valence-electron chi connectivity index (χ0n) is 8.86. The van der Waals surface area contributed by atoms with Gasteiger partial charge in [-0.3, -0.25) is 11.3 Å². The second-order valence-corrected chi connectivity index (χ2v) is 4.89. The molecule has 2 aliphatic rings. The van der Waals surface area contributed by atoms with E-state index < -0.39 is 0 Å². The highest BCUT2D eigenvalue weighted by atomic mass is 16.3. The van der Waals surface area contributed by atoms with E-state index in [1.54, 1.807) is 6.26 Å². The van der Waals surface area contributed by atoms with Gasteiger partial charge in [0.25, 0.3) is 0 Å². The molecule has 1 aromatic rings. The van der Waals surface area contributed by atoms with Gasteiger partial charge >= 0.3 is 0 Å². The number of hydrogen-bond acceptors (Lipinski definition) is 3. The van der Waals surface area contributed by atoms with Crippen molar-refractivity contribution >= 4 is 0 Å². The van der Waals surface area contributed by atoms with Crippen LogP contribution in [-0.2, 0) is 6.42 Å². The molecule has 3 rings (SSSR count). The molecule has 3 atom stereocenters. The van der Waals surface area contributed by atoms with Crippen molar-refractivity contribution in [3.8, 4) is 0 Å². The van der Waals surface area contributed by atoms with Crippen molar-refractivity contribution in [2.75, 3.05) is 0 Å². The molecule has 2 saturated carbocycles. The number of hydrogen-bond donors (Lipinski definition) is 2. The summed E-state index contributed by atoms with van der Waals surface area (Å²) in [5.74, 6) is 9.38. The van der Waals surface area contributed by atoms with Crippen LogP contribution in [0, 0.1) is 17.8 Å². The maximum absolute atomic E-state index is 5.64. The molecule has 2 aliphatic carbocycles. The SMILES string of the molecule is NNC(Cc1ccco1)C1C2CCCC21. The molecule has 0 saturated heterocycles. The van der Waals surface area contributed by atoms with Crippen molar-refractivity contribution in [1.29, 1.82) is 0 Å². The van der Waals surface area contributed by atoms with E-state index in [-0.39, 0.29) is 0 Å². The summed E-state index contributed by atoms with van der Waals surface area (Å²) in [5.41, 5.74) is 2.97. The molecule has 0 aromatic carbocycles. The topological polar surface area (TPSA) is 51.2 Å². The Morgan fingerprint density at radius 2 is 2.27 bits per heavy atom. The lowest BCUT2D eigenvalue weighted by Crippen LogP contribution is -2.39. The Labute approximate surface area is 90.0 Å². The summed E-state index contributed by atoms with van der Waals surface area (Å²) in [5, 5.41) is 0. The molecule has 3 unspecified atom stereocenters. The third-order valence-corrected chi connectivity index (χ3v) is 4.15. The molecule has 0 aliphatic heterocycles. The van der Waals surface area contributed by atoms with Crippen LogP contribution in [0.2, 0.25) is 0 Å². The van der Waals surface area contributed by atoms with Gasteiger partial charge in [-0.25, -0.2) is 0 Å². The van der Waals surface area contributed by atoms with E-state index in [0.717, 1.165) is 29.9 Å². The number of fused-ring (bicyclic) bond motifs is 1. The first-order chi connectivity index (χ1) is 7.40. The normalized spacial score (nSPS) is 35.1. The van der Waals surface area contributed by atoms with Crippen LogP contribution in [0.15, 0.2) is 22.8 Å². The fourth-order valence-electron chi connectivity index (χ4n) is 3.43. The molecule has 3 N–H and O–H groups in total. The monoisotopic (exact) mass is 206 g/mol. The van der Waals surface area contributed by atoms with E-state index >= 15 is 0 Å². The average Bonchev–Trinajstić information content (AvgIpc) is 2.73. The third kappa shape index (κ3) is 1.60. The number of rotatable bonds is 4. The minimum Gasteiger partial charge on any atom is -0.469 e. The molecule has 0 spiro atoms. The summed E-state index contributed by atoms with van der Waals surface area (Å²) >= 11 is 0. The van der Waals surface area contributed by atoms with E-state index in [1.165, 1.54) is 19.3 Å². The minimum absolute atomic E-state index is 0.409. The molecular formula is C12H18N2O. The molecule has 15 heavy (non-hydrogen) atoms. The Morgan fingerprint density at radius 3 is 2.87 bits per heavy atom. The molecule has 0 bridgehead atoms. The predicted octanol–water partition coefficient (Wildman–Crippen LogP) is 1.70. The molecule has 3 nitrogen and oxygen atoms in total. The average molecular weight is 206 g/mol. The Balaban J connectivity index is 1.63. The van der Waals surface area contributed by atoms with Crippen LogP contribution in [0.4, 0.5) is 0 Å². The number of furan rings is 1.